The number of rotatable bonds is 6. The Morgan fingerprint density at radius 2 is 2.25 bits per heavy atom. The molecule has 3 atom stereocenters. The minimum atomic E-state index is -0.825. The number of anilines is 1. The van der Waals surface area contributed by atoms with Crippen molar-refractivity contribution >= 4 is 11.9 Å². The summed E-state index contributed by atoms with van der Waals surface area (Å²) in [5, 5.41) is 2.16. The molecule has 1 aromatic heterocycles. The van der Waals surface area contributed by atoms with Crippen LogP contribution in [0.15, 0.2) is 11.0 Å². The molecular formula is C16H24FN3O4. The first-order valence-electron chi connectivity index (χ1n) is 8.30. The number of aromatic nitrogens is 2. The fourth-order valence-electron chi connectivity index (χ4n) is 2.52. The molecule has 2 rings (SSSR count). The average molecular weight is 341 g/mol. The number of hydrogen-bond acceptors (Lipinski definition) is 5. The minimum Gasteiger partial charge on any atom is -0.449 e. The highest BCUT2D eigenvalue weighted by Crippen LogP contribution is 2.32. The molecule has 0 saturated carbocycles. The Kier molecular flexibility index (Phi) is 6.30. The van der Waals surface area contributed by atoms with Gasteiger partial charge < -0.3 is 9.47 Å². The maximum absolute atomic E-state index is 14.1. The summed E-state index contributed by atoms with van der Waals surface area (Å²) in [5.41, 5.74) is -0.677. The van der Waals surface area contributed by atoms with Crippen LogP contribution in [0.25, 0.3) is 0 Å². The van der Waals surface area contributed by atoms with Gasteiger partial charge >= 0.3 is 11.8 Å². The van der Waals surface area contributed by atoms with E-state index in [1.54, 1.807) is 0 Å². The van der Waals surface area contributed by atoms with Gasteiger partial charge in [0.2, 0.25) is 0 Å². The lowest BCUT2D eigenvalue weighted by molar-refractivity contribution is 0.00265. The molecular weight excluding hydrogens is 317 g/mol. The summed E-state index contributed by atoms with van der Waals surface area (Å²) >= 11 is 0. The molecule has 0 spiro atoms. The average Bonchev–Trinajstić information content (AvgIpc) is 2.86. The SMILES string of the molecule is CCCCCOC(=O)Nc1nc(=O)n(C2CC(C)C(C)O2)cc1F. The number of hydrogen-bond donors (Lipinski definition) is 1. The Labute approximate surface area is 140 Å². The van der Waals surface area contributed by atoms with Crippen molar-refractivity contribution in [2.75, 3.05) is 11.9 Å². The molecule has 0 aromatic carbocycles. The maximum atomic E-state index is 14.1. The zero-order chi connectivity index (χ0) is 17.7. The van der Waals surface area contributed by atoms with Crippen LogP contribution in [0.2, 0.25) is 0 Å². The molecule has 2 heterocycles. The van der Waals surface area contributed by atoms with Gasteiger partial charge in [0.1, 0.15) is 6.23 Å². The van der Waals surface area contributed by atoms with Gasteiger partial charge in [0.25, 0.3) is 0 Å². The van der Waals surface area contributed by atoms with Crippen LogP contribution in [-0.4, -0.2) is 28.4 Å². The van der Waals surface area contributed by atoms with Gasteiger partial charge in [-0.15, -0.1) is 0 Å². The van der Waals surface area contributed by atoms with Crippen molar-refractivity contribution in [3.8, 4) is 0 Å². The Bertz CT molecular complexity index is 624. The predicted octanol–water partition coefficient (Wildman–Crippen LogP) is 3.06. The smallest absolute Gasteiger partial charge is 0.412 e. The van der Waals surface area contributed by atoms with Crippen molar-refractivity contribution in [3.63, 3.8) is 0 Å². The molecule has 134 valence electrons. The molecule has 1 saturated heterocycles. The van der Waals surface area contributed by atoms with E-state index in [9.17, 15) is 14.0 Å². The van der Waals surface area contributed by atoms with Crippen LogP contribution < -0.4 is 11.0 Å². The van der Waals surface area contributed by atoms with Crippen molar-refractivity contribution < 1.29 is 18.7 Å². The Hall–Kier alpha value is -1.96. The lowest BCUT2D eigenvalue weighted by Gasteiger charge is -2.15. The highest BCUT2D eigenvalue weighted by atomic mass is 19.1. The van der Waals surface area contributed by atoms with E-state index in [0.717, 1.165) is 30.0 Å². The molecule has 8 heteroatoms. The second kappa shape index (κ2) is 8.23. The van der Waals surface area contributed by atoms with E-state index >= 15 is 0 Å². The Morgan fingerprint density at radius 3 is 2.88 bits per heavy atom. The second-order valence-electron chi connectivity index (χ2n) is 6.10. The summed E-state index contributed by atoms with van der Waals surface area (Å²) in [6.45, 7) is 6.18. The number of carbonyl (C=O) groups is 1. The number of unbranched alkanes of at least 4 members (excludes halogenated alkanes) is 2. The highest BCUT2D eigenvalue weighted by Gasteiger charge is 2.31. The number of amides is 1. The number of halogens is 1. The lowest BCUT2D eigenvalue weighted by atomic mass is 10.1. The highest BCUT2D eigenvalue weighted by molar-refractivity contribution is 5.83. The molecule has 3 unspecified atom stereocenters. The minimum absolute atomic E-state index is 0.0131. The molecule has 24 heavy (non-hydrogen) atoms. The van der Waals surface area contributed by atoms with Crippen LogP contribution in [0.4, 0.5) is 15.0 Å². The van der Waals surface area contributed by atoms with E-state index in [1.807, 2.05) is 20.8 Å². The van der Waals surface area contributed by atoms with Crippen molar-refractivity contribution in [2.24, 2.45) is 5.92 Å². The lowest BCUT2D eigenvalue weighted by Crippen LogP contribution is -2.29. The molecule has 7 nitrogen and oxygen atoms in total. The van der Waals surface area contributed by atoms with E-state index in [2.05, 4.69) is 10.3 Å². The van der Waals surface area contributed by atoms with Gasteiger partial charge in [-0.3, -0.25) is 9.88 Å². The van der Waals surface area contributed by atoms with Gasteiger partial charge in [-0.2, -0.15) is 4.98 Å². The number of nitrogens with zero attached hydrogens (tertiary/aromatic N) is 2. The zero-order valence-corrected chi connectivity index (χ0v) is 14.3. The fraction of sp³-hybridized carbons (Fsp3) is 0.688. The van der Waals surface area contributed by atoms with Crippen LogP contribution in [-0.2, 0) is 9.47 Å². The Balaban J connectivity index is 2.02. The number of ether oxygens (including phenoxy) is 2. The third-order valence-corrected chi connectivity index (χ3v) is 4.17. The monoisotopic (exact) mass is 341 g/mol. The van der Waals surface area contributed by atoms with Gasteiger partial charge in [-0.05, 0) is 25.7 Å². The van der Waals surface area contributed by atoms with Gasteiger partial charge in [-0.1, -0.05) is 26.7 Å². The van der Waals surface area contributed by atoms with Crippen molar-refractivity contribution in [1.29, 1.82) is 0 Å². The van der Waals surface area contributed by atoms with Crippen molar-refractivity contribution in [1.82, 2.24) is 9.55 Å². The largest absolute Gasteiger partial charge is 0.449 e. The van der Waals surface area contributed by atoms with Crippen LogP contribution in [0.3, 0.4) is 0 Å². The molecule has 1 amide bonds. The van der Waals surface area contributed by atoms with Crippen molar-refractivity contribution in [2.45, 2.75) is 58.8 Å². The van der Waals surface area contributed by atoms with E-state index in [4.69, 9.17) is 9.47 Å². The number of carbonyl (C=O) groups excluding carboxylic acids is 1. The van der Waals surface area contributed by atoms with Gasteiger partial charge in [0, 0.05) is 0 Å². The first-order valence-corrected chi connectivity index (χ1v) is 8.30. The Morgan fingerprint density at radius 1 is 1.50 bits per heavy atom. The molecule has 1 aliphatic rings. The van der Waals surface area contributed by atoms with Gasteiger partial charge in [-0.25, -0.2) is 14.0 Å². The normalized spacial score (nSPS) is 23.2. The summed E-state index contributed by atoms with van der Waals surface area (Å²) in [7, 11) is 0. The first kappa shape index (κ1) is 18.4. The van der Waals surface area contributed by atoms with E-state index < -0.39 is 29.6 Å². The van der Waals surface area contributed by atoms with Gasteiger partial charge in [0.05, 0.1) is 18.9 Å². The first-order chi connectivity index (χ1) is 11.4. The molecule has 1 fully saturated rings. The van der Waals surface area contributed by atoms with Crippen LogP contribution in [0.5, 0.6) is 0 Å². The third kappa shape index (κ3) is 4.53. The summed E-state index contributed by atoms with van der Waals surface area (Å²) in [5.74, 6) is -0.979. The third-order valence-electron chi connectivity index (χ3n) is 4.17. The topological polar surface area (TPSA) is 82.5 Å². The molecule has 0 radical (unpaired) electrons. The van der Waals surface area contributed by atoms with Crippen LogP contribution >= 0.6 is 0 Å². The standard InChI is InChI=1S/C16H24FN3O4/c1-4-5-6-7-23-16(22)19-14-12(17)9-20(15(21)18-14)13-8-10(2)11(3)24-13/h9-11,13H,4-8H2,1-3H3,(H,18,19,21,22). The van der Waals surface area contributed by atoms with Crippen LogP contribution in [0, 0.1) is 11.7 Å². The van der Waals surface area contributed by atoms with Crippen LogP contribution in [0.1, 0.15) is 52.7 Å². The zero-order valence-electron chi connectivity index (χ0n) is 14.3. The molecule has 1 aliphatic heterocycles. The van der Waals surface area contributed by atoms with E-state index in [1.165, 1.54) is 0 Å². The molecule has 1 N–H and O–H groups in total. The summed E-state index contributed by atoms with van der Waals surface area (Å²) in [6.07, 6.45) is 2.91. The summed E-state index contributed by atoms with van der Waals surface area (Å²) in [4.78, 5) is 27.3. The van der Waals surface area contributed by atoms with E-state index in [-0.39, 0.29) is 18.6 Å². The predicted molar refractivity (Wildman–Crippen MR) is 86.3 cm³/mol. The van der Waals surface area contributed by atoms with E-state index in [0.29, 0.717) is 6.42 Å². The summed E-state index contributed by atoms with van der Waals surface area (Å²) < 4.78 is 25.8. The summed E-state index contributed by atoms with van der Waals surface area (Å²) in [6, 6.07) is 0. The molecule has 1 aromatic rings. The quantitative estimate of drug-likeness (QED) is 0.804. The number of nitrogens with one attached hydrogen (secondary N) is 1. The fourth-order valence-corrected chi connectivity index (χ4v) is 2.52. The maximum Gasteiger partial charge on any atom is 0.412 e. The van der Waals surface area contributed by atoms with Crippen molar-refractivity contribution in [3.05, 3.63) is 22.5 Å². The molecule has 0 bridgehead atoms. The second-order valence-corrected chi connectivity index (χ2v) is 6.10. The van der Waals surface area contributed by atoms with Gasteiger partial charge in [0.15, 0.2) is 11.6 Å². The molecule has 0 aliphatic carbocycles.